The number of ether oxygens (including phenoxy) is 2. The van der Waals surface area contributed by atoms with Gasteiger partial charge in [0.1, 0.15) is 12.6 Å². The van der Waals surface area contributed by atoms with E-state index >= 15 is 0 Å². The molecule has 1 aromatic heterocycles. The van der Waals surface area contributed by atoms with Crippen LogP contribution in [0.1, 0.15) is 32.6 Å². The van der Waals surface area contributed by atoms with Gasteiger partial charge in [0.25, 0.3) is 5.56 Å². The Hall–Kier alpha value is -1.78. The van der Waals surface area contributed by atoms with Gasteiger partial charge < -0.3 is 14.0 Å². The molecule has 1 heterocycles. The topological polar surface area (TPSA) is 57.5 Å². The molecule has 5 nitrogen and oxygen atoms in total. The minimum absolute atomic E-state index is 0.0262. The van der Waals surface area contributed by atoms with E-state index in [2.05, 4.69) is 0 Å². The number of nitrogens with zero attached hydrogens (tertiary/aromatic N) is 1. The van der Waals surface area contributed by atoms with E-state index < -0.39 is 0 Å². The van der Waals surface area contributed by atoms with Crippen LogP contribution in [0.4, 0.5) is 0 Å². The number of carbonyl (C=O) groups excluding carboxylic acids is 1. The summed E-state index contributed by atoms with van der Waals surface area (Å²) in [6.45, 7) is 2.17. The molecule has 19 heavy (non-hydrogen) atoms. The molecule has 0 aliphatic heterocycles. The third-order valence-electron chi connectivity index (χ3n) is 3.18. The van der Waals surface area contributed by atoms with E-state index in [1.165, 1.54) is 4.57 Å². The van der Waals surface area contributed by atoms with Crippen molar-refractivity contribution >= 4 is 5.97 Å². The summed E-state index contributed by atoms with van der Waals surface area (Å²) in [6.07, 6.45) is 5.67. The summed E-state index contributed by atoms with van der Waals surface area (Å²) in [6, 6.07) is 3.29. The van der Waals surface area contributed by atoms with Crippen LogP contribution in [0.25, 0.3) is 0 Å². The second-order valence-electron chi connectivity index (χ2n) is 4.63. The Kier molecular flexibility index (Phi) is 4.60. The van der Waals surface area contributed by atoms with E-state index in [9.17, 15) is 9.59 Å². The minimum atomic E-state index is -0.359. The molecule has 0 radical (unpaired) electrons. The fraction of sp³-hybridized carbons (Fsp3) is 0.571. The highest BCUT2D eigenvalue weighted by atomic mass is 16.5. The summed E-state index contributed by atoms with van der Waals surface area (Å²) in [5.41, 5.74) is -0.298. The minimum Gasteiger partial charge on any atom is -0.488 e. The summed E-state index contributed by atoms with van der Waals surface area (Å²) < 4.78 is 11.9. The normalized spacial score (nSPS) is 15.4. The number of hydrogen-bond donors (Lipinski definition) is 0. The molecule has 1 fully saturated rings. The molecular formula is C14H19NO4. The Morgan fingerprint density at radius 3 is 2.84 bits per heavy atom. The third kappa shape index (κ3) is 3.59. The molecule has 1 saturated carbocycles. The second-order valence-corrected chi connectivity index (χ2v) is 4.63. The smallest absolute Gasteiger partial charge is 0.326 e. The SMILES string of the molecule is CCOc1cccn(CC(=O)OC2CCCC2)c1=O. The monoisotopic (exact) mass is 265 g/mol. The summed E-state index contributed by atoms with van der Waals surface area (Å²) in [5, 5.41) is 0. The van der Waals surface area contributed by atoms with Crippen LogP contribution >= 0.6 is 0 Å². The van der Waals surface area contributed by atoms with Crippen LogP contribution in [-0.2, 0) is 16.1 Å². The summed E-state index contributed by atoms with van der Waals surface area (Å²) in [7, 11) is 0. The van der Waals surface area contributed by atoms with E-state index in [1.54, 1.807) is 18.3 Å². The first-order valence-electron chi connectivity index (χ1n) is 6.72. The highest BCUT2D eigenvalue weighted by Crippen LogP contribution is 2.21. The Labute approximate surface area is 112 Å². The zero-order chi connectivity index (χ0) is 13.7. The Bertz CT molecular complexity index is 488. The molecule has 0 atom stereocenters. The first-order chi connectivity index (χ1) is 9.20. The molecular weight excluding hydrogens is 246 g/mol. The van der Waals surface area contributed by atoms with Crippen LogP contribution < -0.4 is 10.3 Å². The first-order valence-corrected chi connectivity index (χ1v) is 6.72. The van der Waals surface area contributed by atoms with Crippen molar-refractivity contribution in [2.75, 3.05) is 6.61 Å². The lowest BCUT2D eigenvalue weighted by molar-refractivity contribution is -0.149. The predicted molar refractivity (Wildman–Crippen MR) is 70.2 cm³/mol. The average molecular weight is 265 g/mol. The standard InChI is InChI=1S/C14H19NO4/c1-2-18-12-8-5-9-15(14(12)17)10-13(16)19-11-6-3-4-7-11/h5,8-9,11H,2-4,6-7,10H2,1H3. The maximum absolute atomic E-state index is 12.0. The lowest BCUT2D eigenvalue weighted by Crippen LogP contribution is -2.27. The van der Waals surface area contributed by atoms with E-state index in [1.807, 2.05) is 6.92 Å². The van der Waals surface area contributed by atoms with Gasteiger partial charge in [0.2, 0.25) is 0 Å². The molecule has 2 rings (SSSR count). The number of rotatable bonds is 5. The maximum Gasteiger partial charge on any atom is 0.326 e. The van der Waals surface area contributed by atoms with Crippen molar-refractivity contribution in [2.24, 2.45) is 0 Å². The summed E-state index contributed by atoms with van der Waals surface area (Å²) >= 11 is 0. The van der Waals surface area contributed by atoms with Gasteiger partial charge in [-0.2, -0.15) is 0 Å². The quantitative estimate of drug-likeness (QED) is 0.761. The Balaban J connectivity index is 2.00. The third-order valence-corrected chi connectivity index (χ3v) is 3.18. The fourth-order valence-electron chi connectivity index (χ4n) is 2.27. The summed E-state index contributed by atoms with van der Waals surface area (Å²) in [5.74, 6) is -0.0960. The van der Waals surface area contributed by atoms with Crippen LogP contribution in [0.2, 0.25) is 0 Å². The van der Waals surface area contributed by atoms with Gasteiger partial charge in [0, 0.05) is 6.20 Å². The van der Waals surface area contributed by atoms with Crippen molar-refractivity contribution in [1.29, 1.82) is 0 Å². The van der Waals surface area contributed by atoms with Gasteiger partial charge in [-0.05, 0) is 44.7 Å². The first kappa shape index (κ1) is 13.6. The van der Waals surface area contributed by atoms with Gasteiger partial charge in [0.05, 0.1) is 6.61 Å². The van der Waals surface area contributed by atoms with Crippen LogP contribution in [-0.4, -0.2) is 23.2 Å². The maximum atomic E-state index is 12.0. The van der Waals surface area contributed by atoms with Crippen molar-refractivity contribution in [3.63, 3.8) is 0 Å². The van der Waals surface area contributed by atoms with Crippen LogP contribution in [0.5, 0.6) is 5.75 Å². The molecule has 0 bridgehead atoms. The van der Waals surface area contributed by atoms with Crippen LogP contribution in [0.3, 0.4) is 0 Å². The van der Waals surface area contributed by atoms with Gasteiger partial charge >= 0.3 is 5.97 Å². The molecule has 0 saturated heterocycles. The highest BCUT2D eigenvalue weighted by molar-refractivity contribution is 5.69. The highest BCUT2D eigenvalue weighted by Gasteiger charge is 2.19. The lowest BCUT2D eigenvalue weighted by atomic mass is 10.3. The predicted octanol–water partition coefficient (Wildman–Crippen LogP) is 1.73. The number of aromatic nitrogens is 1. The molecule has 1 aromatic rings. The second kappa shape index (κ2) is 6.41. The van der Waals surface area contributed by atoms with Crippen molar-refractivity contribution in [1.82, 2.24) is 4.57 Å². The van der Waals surface area contributed by atoms with Gasteiger partial charge in [-0.1, -0.05) is 0 Å². The Morgan fingerprint density at radius 2 is 2.16 bits per heavy atom. The van der Waals surface area contributed by atoms with E-state index in [0.29, 0.717) is 6.61 Å². The zero-order valence-electron chi connectivity index (χ0n) is 11.1. The zero-order valence-corrected chi connectivity index (χ0v) is 11.1. The molecule has 1 aliphatic rings. The van der Waals surface area contributed by atoms with E-state index in [4.69, 9.17) is 9.47 Å². The number of hydrogen-bond acceptors (Lipinski definition) is 4. The number of carbonyl (C=O) groups is 1. The van der Waals surface area contributed by atoms with Crippen LogP contribution in [0, 0.1) is 0 Å². The van der Waals surface area contributed by atoms with Crippen molar-refractivity contribution in [3.05, 3.63) is 28.7 Å². The Morgan fingerprint density at radius 1 is 1.42 bits per heavy atom. The number of pyridine rings is 1. The molecule has 0 unspecified atom stereocenters. The summed E-state index contributed by atoms with van der Waals surface area (Å²) in [4.78, 5) is 23.7. The molecule has 104 valence electrons. The van der Waals surface area contributed by atoms with Gasteiger partial charge in [-0.25, -0.2) is 0 Å². The van der Waals surface area contributed by atoms with E-state index in [-0.39, 0.29) is 29.9 Å². The van der Waals surface area contributed by atoms with Crippen molar-refractivity contribution in [3.8, 4) is 5.75 Å². The molecule has 0 amide bonds. The van der Waals surface area contributed by atoms with E-state index in [0.717, 1.165) is 25.7 Å². The molecule has 1 aliphatic carbocycles. The molecule has 0 aromatic carbocycles. The van der Waals surface area contributed by atoms with Crippen LogP contribution in [0.15, 0.2) is 23.1 Å². The fourth-order valence-corrected chi connectivity index (χ4v) is 2.27. The van der Waals surface area contributed by atoms with Crippen molar-refractivity contribution in [2.45, 2.75) is 45.3 Å². The average Bonchev–Trinajstić information content (AvgIpc) is 2.87. The van der Waals surface area contributed by atoms with Gasteiger partial charge in [-0.3, -0.25) is 9.59 Å². The molecule has 0 spiro atoms. The van der Waals surface area contributed by atoms with Gasteiger partial charge in [0.15, 0.2) is 5.75 Å². The van der Waals surface area contributed by atoms with Gasteiger partial charge in [-0.15, -0.1) is 0 Å². The molecule has 5 heteroatoms. The number of esters is 1. The largest absolute Gasteiger partial charge is 0.488 e. The van der Waals surface area contributed by atoms with Crippen molar-refractivity contribution < 1.29 is 14.3 Å². The lowest BCUT2D eigenvalue weighted by Gasteiger charge is -2.12. The molecule has 0 N–H and O–H groups in total.